The van der Waals surface area contributed by atoms with Crippen molar-refractivity contribution in [1.29, 1.82) is 0 Å². The van der Waals surface area contributed by atoms with Crippen LogP contribution in [-0.4, -0.2) is 37.1 Å². The van der Waals surface area contributed by atoms with Crippen molar-refractivity contribution in [1.82, 2.24) is 4.90 Å². The lowest BCUT2D eigenvalue weighted by Crippen LogP contribution is -2.47. The summed E-state index contributed by atoms with van der Waals surface area (Å²) in [6.07, 6.45) is 5.03. The predicted molar refractivity (Wildman–Crippen MR) is 65.3 cm³/mol. The quantitative estimate of drug-likeness (QED) is 0.691. The molecule has 1 atom stereocenters. The monoisotopic (exact) mass is 227 g/mol. The van der Waals surface area contributed by atoms with E-state index in [1.807, 2.05) is 13.8 Å². The summed E-state index contributed by atoms with van der Waals surface area (Å²) in [5.41, 5.74) is -0.389. The van der Waals surface area contributed by atoms with Crippen LogP contribution in [0.25, 0.3) is 0 Å². The molecule has 0 N–H and O–H groups in total. The zero-order valence-corrected chi connectivity index (χ0v) is 11.1. The van der Waals surface area contributed by atoms with Gasteiger partial charge in [-0.1, -0.05) is 13.3 Å². The number of likely N-dealkylation sites (tertiary alicyclic amines) is 1. The van der Waals surface area contributed by atoms with Crippen LogP contribution < -0.4 is 0 Å². The predicted octanol–water partition coefficient (Wildman–Crippen LogP) is 2.45. The van der Waals surface area contributed by atoms with E-state index >= 15 is 0 Å². The smallest absolute Gasteiger partial charge is 0.312 e. The maximum atomic E-state index is 11.7. The van der Waals surface area contributed by atoms with Gasteiger partial charge in [0.1, 0.15) is 0 Å². The maximum absolute atomic E-state index is 11.7. The molecule has 0 aliphatic carbocycles. The van der Waals surface area contributed by atoms with Crippen molar-refractivity contribution in [3.63, 3.8) is 0 Å². The summed E-state index contributed by atoms with van der Waals surface area (Å²) in [7, 11) is 1.47. The first-order valence-electron chi connectivity index (χ1n) is 6.33. The number of hydrogen-bond donors (Lipinski definition) is 0. The summed E-state index contributed by atoms with van der Waals surface area (Å²) in [6.45, 7) is 8.12. The highest BCUT2D eigenvalue weighted by Crippen LogP contribution is 2.26. The summed E-state index contributed by atoms with van der Waals surface area (Å²) in [5, 5.41) is 0. The Labute approximate surface area is 99.1 Å². The van der Waals surface area contributed by atoms with E-state index in [2.05, 4.69) is 11.8 Å². The highest BCUT2D eigenvalue weighted by Gasteiger charge is 2.33. The first-order chi connectivity index (χ1) is 7.51. The lowest BCUT2D eigenvalue weighted by Gasteiger charge is -2.39. The molecule has 0 spiro atoms. The molecule has 1 aliphatic heterocycles. The number of carbonyl (C=O) groups is 1. The fourth-order valence-electron chi connectivity index (χ4n) is 2.58. The van der Waals surface area contributed by atoms with Crippen LogP contribution in [0, 0.1) is 5.41 Å². The largest absolute Gasteiger partial charge is 0.469 e. The van der Waals surface area contributed by atoms with Crippen molar-refractivity contribution in [3.05, 3.63) is 0 Å². The van der Waals surface area contributed by atoms with Gasteiger partial charge < -0.3 is 4.74 Å². The van der Waals surface area contributed by atoms with Crippen LogP contribution in [0.2, 0.25) is 0 Å². The van der Waals surface area contributed by atoms with Crippen molar-refractivity contribution in [2.45, 2.75) is 52.5 Å². The molecule has 1 aliphatic rings. The minimum absolute atomic E-state index is 0.104. The lowest BCUT2D eigenvalue weighted by molar-refractivity contribution is -0.152. The number of rotatable bonds is 4. The van der Waals surface area contributed by atoms with Crippen molar-refractivity contribution < 1.29 is 9.53 Å². The number of esters is 1. The van der Waals surface area contributed by atoms with Gasteiger partial charge in [-0.25, -0.2) is 0 Å². The molecule has 0 aromatic heterocycles. The zero-order chi connectivity index (χ0) is 12.2. The number of hydrogen-bond acceptors (Lipinski definition) is 3. The van der Waals surface area contributed by atoms with Gasteiger partial charge in [0, 0.05) is 12.6 Å². The second-order valence-electron chi connectivity index (χ2n) is 5.40. The first kappa shape index (κ1) is 13.5. The van der Waals surface area contributed by atoms with E-state index < -0.39 is 0 Å². The van der Waals surface area contributed by atoms with E-state index in [1.165, 1.54) is 32.8 Å². The molecular weight excluding hydrogens is 202 g/mol. The topological polar surface area (TPSA) is 29.5 Å². The SMILES string of the molecule is CCC1CCCCN1CC(C)(C)C(=O)OC. The van der Waals surface area contributed by atoms with Gasteiger partial charge in [0.25, 0.3) is 0 Å². The lowest BCUT2D eigenvalue weighted by atomic mass is 9.90. The summed E-state index contributed by atoms with van der Waals surface area (Å²) in [4.78, 5) is 14.1. The molecule has 1 unspecified atom stereocenters. The highest BCUT2D eigenvalue weighted by atomic mass is 16.5. The molecule has 1 fully saturated rings. The average Bonchev–Trinajstić information content (AvgIpc) is 2.28. The molecule has 1 saturated heterocycles. The van der Waals surface area contributed by atoms with Gasteiger partial charge in [-0.2, -0.15) is 0 Å². The second kappa shape index (κ2) is 5.67. The van der Waals surface area contributed by atoms with E-state index in [4.69, 9.17) is 4.74 Å². The fourth-order valence-corrected chi connectivity index (χ4v) is 2.58. The Bertz CT molecular complexity index is 238. The van der Waals surface area contributed by atoms with Gasteiger partial charge in [0.05, 0.1) is 12.5 Å². The Morgan fingerprint density at radius 1 is 1.44 bits per heavy atom. The Balaban J connectivity index is 2.60. The number of ether oxygens (including phenoxy) is 1. The molecule has 1 heterocycles. The number of methoxy groups -OCH3 is 1. The molecular formula is C13H25NO2. The number of nitrogens with zero attached hydrogens (tertiary/aromatic N) is 1. The van der Waals surface area contributed by atoms with Crippen LogP contribution in [0.4, 0.5) is 0 Å². The first-order valence-corrected chi connectivity index (χ1v) is 6.33. The molecule has 0 aromatic rings. The van der Waals surface area contributed by atoms with E-state index in [1.54, 1.807) is 0 Å². The van der Waals surface area contributed by atoms with Crippen LogP contribution in [0.3, 0.4) is 0 Å². The Morgan fingerprint density at radius 3 is 2.69 bits per heavy atom. The van der Waals surface area contributed by atoms with E-state index in [0.29, 0.717) is 6.04 Å². The Morgan fingerprint density at radius 2 is 2.12 bits per heavy atom. The van der Waals surface area contributed by atoms with E-state index in [-0.39, 0.29) is 11.4 Å². The number of carbonyl (C=O) groups excluding carboxylic acids is 1. The van der Waals surface area contributed by atoms with Crippen LogP contribution >= 0.6 is 0 Å². The van der Waals surface area contributed by atoms with E-state index in [9.17, 15) is 4.79 Å². The standard InChI is InChI=1S/C13H25NO2/c1-5-11-8-6-7-9-14(11)10-13(2,3)12(15)16-4/h11H,5-10H2,1-4H3. The molecule has 0 bridgehead atoms. The van der Waals surface area contributed by atoms with Crippen molar-refractivity contribution in [3.8, 4) is 0 Å². The van der Waals surface area contributed by atoms with Crippen LogP contribution in [0.15, 0.2) is 0 Å². The third kappa shape index (κ3) is 3.21. The van der Waals surface area contributed by atoms with Crippen LogP contribution in [0.1, 0.15) is 46.5 Å². The van der Waals surface area contributed by atoms with Crippen molar-refractivity contribution in [2.24, 2.45) is 5.41 Å². The van der Waals surface area contributed by atoms with Gasteiger partial charge in [-0.15, -0.1) is 0 Å². The normalized spacial score (nSPS) is 23.1. The van der Waals surface area contributed by atoms with Crippen LogP contribution in [0.5, 0.6) is 0 Å². The summed E-state index contributed by atoms with van der Waals surface area (Å²) < 4.78 is 4.86. The number of piperidine rings is 1. The molecule has 3 nitrogen and oxygen atoms in total. The maximum Gasteiger partial charge on any atom is 0.312 e. The average molecular weight is 227 g/mol. The third-order valence-corrected chi connectivity index (χ3v) is 3.56. The molecule has 3 heteroatoms. The molecule has 0 saturated carbocycles. The fraction of sp³-hybridized carbons (Fsp3) is 0.923. The third-order valence-electron chi connectivity index (χ3n) is 3.56. The van der Waals surface area contributed by atoms with Gasteiger partial charge in [-0.3, -0.25) is 9.69 Å². The van der Waals surface area contributed by atoms with E-state index in [0.717, 1.165) is 13.1 Å². The molecule has 0 radical (unpaired) electrons. The van der Waals surface area contributed by atoms with Gasteiger partial charge in [0.2, 0.25) is 0 Å². The summed E-state index contributed by atoms with van der Waals surface area (Å²) in [5.74, 6) is -0.104. The minimum atomic E-state index is -0.389. The van der Waals surface area contributed by atoms with Crippen molar-refractivity contribution in [2.75, 3.05) is 20.2 Å². The van der Waals surface area contributed by atoms with Gasteiger partial charge in [0.15, 0.2) is 0 Å². The van der Waals surface area contributed by atoms with Gasteiger partial charge >= 0.3 is 5.97 Å². The summed E-state index contributed by atoms with van der Waals surface area (Å²) >= 11 is 0. The molecule has 1 rings (SSSR count). The molecule has 94 valence electrons. The van der Waals surface area contributed by atoms with Crippen molar-refractivity contribution >= 4 is 5.97 Å². The Kier molecular flexibility index (Phi) is 4.78. The second-order valence-corrected chi connectivity index (χ2v) is 5.40. The molecule has 0 aromatic carbocycles. The van der Waals surface area contributed by atoms with Gasteiger partial charge in [-0.05, 0) is 39.7 Å². The highest BCUT2D eigenvalue weighted by molar-refractivity contribution is 5.76. The summed E-state index contributed by atoms with van der Waals surface area (Å²) in [6, 6.07) is 0.651. The molecule has 16 heavy (non-hydrogen) atoms. The minimum Gasteiger partial charge on any atom is -0.469 e. The zero-order valence-electron chi connectivity index (χ0n) is 11.1. The Hall–Kier alpha value is -0.570. The molecule has 0 amide bonds. The van der Waals surface area contributed by atoms with Crippen LogP contribution in [-0.2, 0) is 9.53 Å².